The molecule has 6 heteroatoms. The molecule has 2 aliphatic carbocycles. The number of hydrogen-bond acceptors (Lipinski definition) is 4. The number of hydrogen-bond donors (Lipinski definition) is 0. The molecule has 2 heterocycles. The molecule has 7 atom stereocenters. The molecule has 2 saturated heterocycles. The van der Waals surface area contributed by atoms with Crippen LogP contribution in [0.5, 0.6) is 0 Å². The summed E-state index contributed by atoms with van der Waals surface area (Å²) < 4.78 is 21.9. The molecule has 5 rings (SSSR count). The van der Waals surface area contributed by atoms with Crippen molar-refractivity contribution in [3.63, 3.8) is 0 Å². The highest BCUT2D eigenvalue weighted by Gasteiger charge is 2.75. The Balaban J connectivity index is 1.69. The zero-order valence-corrected chi connectivity index (χ0v) is 27.9. The fourth-order valence-electron chi connectivity index (χ4n) is 7.91. The number of carbonyl (C=O) groups excluding carboxylic acids is 1. The summed E-state index contributed by atoms with van der Waals surface area (Å²) in [5, 5.41) is 0.111. The van der Waals surface area contributed by atoms with Gasteiger partial charge in [-0.05, 0) is 73.7 Å². The van der Waals surface area contributed by atoms with Crippen molar-refractivity contribution >= 4 is 28.5 Å². The second-order valence-corrected chi connectivity index (χ2v) is 24.7. The molecule has 0 aromatic heterocycles. The maximum atomic E-state index is 13.4. The molecule has 0 amide bonds. The Bertz CT molecular complexity index is 1180. The molecule has 3 fully saturated rings. The molecule has 2 bridgehead atoms. The van der Waals surface area contributed by atoms with E-state index in [2.05, 4.69) is 110 Å². The topological polar surface area (TPSA) is 44.8 Å². The Hall–Kier alpha value is -1.32. The lowest BCUT2D eigenvalue weighted by atomic mass is 9.61. The number of rotatable bonds is 6. The molecule has 39 heavy (non-hydrogen) atoms. The minimum absolute atomic E-state index is 0.111. The van der Waals surface area contributed by atoms with Crippen LogP contribution in [-0.2, 0) is 18.4 Å². The van der Waals surface area contributed by atoms with E-state index in [1.54, 1.807) is 0 Å². The largest absolute Gasteiger partial charge is 0.414 e. The molecular weight excluding hydrogens is 517 g/mol. The zero-order chi connectivity index (χ0) is 28.6. The number of ether oxygens (including phenoxy) is 1. The van der Waals surface area contributed by atoms with Crippen LogP contribution in [0.15, 0.2) is 48.1 Å². The maximum Gasteiger partial charge on any atom is 0.192 e. The van der Waals surface area contributed by atoms with Gasteiger partial charge in [0.1, 0.15) is 0 Å². The fourth-order valence-corrected chi connectivity index (χ4v) is 10.4. The van der Waals surface area contributed by atoms with E-state index in [9.17, 15) is 4.79 Å². The normalized spacial score (nSPS) is 39.2. The molecule has 4 aliphatic rings. The third kappa shape index (κ3) is 4.72. The Morgan fingerprint density at radius 1 is 1.08 bits per heavy atom. The lowest BCUT2D eigenvalue weighted by molar-refractivity contribution is -0.249. The molecule has 1 saturated carbocycles. The van der Waals surface area contributed by atoms with Crippen molar-refractivity contribution in [1.29, 1.82) is 0 Å². The van der Waals surface area contributed by atoms with Crippen LogP contribution >= 0.6 is 0 Å². The summed E-state index contributed by atoms with van der Waals surface area (Å²) in [5.41, 5.74) is 1.07. The van der Waals surface area contributed by atoms with Gasteiger partial charge in [0.25, 0.3) is 0 Å². The third-order valence-corrected chi connectivity index (χ3v) is 16.0. The van der Waals surface area contributed by atoms with Crippen LogP contribution in [0.25, 0.3) is 6.08 Å². The summed E-state index contributed by atoms with van der Waals surface area (Å²) >= 11 is 0. The predicted molar refractivity (Wildman–Crippen MR) is 165 cm³/mol. The number of fused-ring (bicyclic) bond motifs is 2. The van der Waals surface area contributed by atoms with E-state index in [1.807, 2.05) is 6.08 Å². The Kier molecular flexibility index (Phi) is 7.00. The molecular formula is C33H50O4Si2. The number of ketones is 1. The Morgan fingerprint density at radius 3 is 2.36 bits per heavy atom. The lowest BCUT2D eigenvalue weighted by Gasteiger charge is -2.58. The first-order valence-electron chi connectivity index (χ1n) is 15.0. The molecule has 0 unspecified atom stereocenters. The second kappa shape index (κ2) is 9.35. The Labute approximate surface area is 238 Å². The molecule has 4 nitrogen and oxygen atoms in total. The zero-order valence-electron chi connectivity index (χ0n) is 25.9. The van der Waals surface area contributed by atoms with E-state index in [4.69, 9.17) is 13.6 Å². The SMILES string of the molecule is C[C@@H]1C[C@H]2[C@]34O[C@@](CO[Si](C)(C)C(C)(C)C)(C[C@H]3C=CC(=O)[C@H]4C)C[C@]2(O[Si](C)(C)C)/C1=C/c1ccccc1. The highest BCUT2D eigenvalue weighted by Crippen LogP contribution is 2.69. The quantitative estimate of drug-likeness (QED) is 0.327. The van der Waals surface area contributed by atoms with Gasteiger partial charge >= 0.3 is 0 Å². The van der Waals surface area contributed by atoms with E-state index >= 15 is 0 Å². The van der Waals surface area contributed by atoms with Gasteiger partial charge in [0.05, 0.1) is 23.4 Å². The van der Waals surface area contributed by atoms with Crippen LogP contribution in [0.2, 0.25) is 37.8 Å². The van der Waals surface area contributed by atoms with Crippen molar-refractivity contribution in [2.24, 2.45) is 23.7 Å². The smallest absolute Gasteiger partial charge is 0.192 e. The van der Waals surface area contributed by atoms with Crippen LogP contribution in [0, 0.1) is 23.7 Å². The summed E-state index contributed by atoms with van der Waals surface area (Å²) in [6.45, 7) is 23.5. The van der Waals surface area contributed by atoms with Gasteiger partial charge in [-0.2, -0.15) is 0 Å². The van der Waals surface area contributed by atoms with E-state index < -0.39 is 33.4 Å². The van der Waals surface area contributed by atoms with Crippen molar-refractivity contribution in [1.82, 2.24) is 0 Å². The first kappa shape index (κ1) is 29.2. The molecule has 0 radical (unpaired) electrons. The maximum absolute atomic E-state index is 13.4. The van der Waals surface area contributed by atoms with Crippen LogP contribution < -0.4 is 0 Å². The van der Waals surface area contributed by atoms with Crippen LogP contribution in [0.4, 0.5) is 0 Å². The van der Waals surface area contributed by atoms with Gasteiger partial charge in [0.2, 0.25) is 0 Å². The monoisotopic (exact) mass is 566 g/mol. The van der Waals surface area contributed by atoms with Crippen molar-refractivity contribution in [3.05, 3.63) is 53.6 Å². The van der Waals surface area contributed by atoms with Crippen molar-refractivity contribution in [3.8, 4) is 0 Å². The first-order valence-corrected chi connectivity index (χ1v) is 21.3. The molecule has 1 aromatic carbocycles. The molecule has 214 valence electrons. The van der Waals surface area contributed by atoms with Gasteiger partial charge in [-0.3, -0.25) is 4.79 Å². The number of carbonyl (C=O) groups is 1. The second-order valence-electron chi connectivity index (χ2n) is 15.5. The average molecular weight is 567 g/mol. The molecule has 1 aromatic rings. The van der Waals surface area contributed by atoms with E-state index in [0.29, 0.717) is 12.5 Å². The van der Waals surface area contributed by atoms with Crippen molar-refractivity contribution in [2.45, 2.75) is 108 Å². The third-order valence-electron chi connectivity index (χ3n) is 10.6. The number of allylic oxidation sites excluding steroid dienone is 1. The van der Waals surface area contributed by atoms with Crippen molar-refractivity contribution in [2.75, 3.05) is 6.61 Å². The van der Waals surface area contributed by atoms with Gasteiger partial charge in [-0.1, -0.05) is 77.1 Å². The fraction of sp³-hybridized carbons (Fsp3) is 0.667. The first-order chi connectivity index (χ1) is 17.9. The van der Waals surface area contributed by atoms with E-state index in [-0.39, 0.29) is 28.6 Å². The molecule has 2 aliphatic heterocycles. The summed E-state index contributed by atoms with van der Waals surface area (Å²) in [4.78, 5) is 13.4. The highest BCUT2D eigenvalue weighted by atomic mass is 28.4. The van der Waals surface area contributed by atoms with Gasteiger partial charge in [0, 0.05) is 24.2 Å². The minimum atomic E-state index is -2.02. The summed E-state index contributed by atoms with van der Waals surface area (Å²) in [6.07, 6.45) is 9.05. The van der Waals surface area contributed by atoms with Gasteiger partial charge < -0.3 is 13.6 Å². The Morgan fingerprint density at radius 2 is 1.74 bits per heavy atom. The van der Waals surface area contributed by atoms with Crippen LogP contribution in [0.1, 0.15) is 59.4 Å². The molecule has 0 N–H and O–H groups in total. The number of benzene rings is 1. The summed E-state index contributed by atoms with van der Waals surface area (Å²) in [7, 11) is -4.04. The lowest BCUT2D eigenvalue weighted by Crippen LogP contribution is -2.67. The van der Waals surface area contributed by atoms with Gasteiger partial charge in [0.15, 0.2) is 22.4 Å². The van der Waals surface area contributed by atoms with Crippen LogP contribution in [0.3, 0.4) is 0 Å². The molecule has 1 spiro atoms. The highest BCUT2D eigenvalue weighted by molar-refractivity contribution is 6.74. The average Bonchev–Trinajstić information content (AvgIpc) is 3.26. The minimum Gasteiger partial charge on any atom is -0.414 e. The van der Waals surface area contributed by atoms with Gasteiger partial charge in [-0.25, -0.2) is 0 Å². The van der Waals surface area contributed by atoms with Crippen molar-refractivity contribution < 1.29 is 18.4 Å². The van der Waals surface area contributed by atoms with Gasteiger partial charge in [-0.15, -0.1) is 0 Å². The summed E-state index contributed by atoms with van der Waals surface area (Å²) in [5.74, 6) is 0.633. The standard InChI is InChI=1S/C33H50O4Si2/c1-23-18-29-32(37-38(6,7)8,27(23)19-25-14-12-11-13-15-25)21-31(22-35-39(9,10)30(3,4)5)20-26-16-17-28(34)24(2)33(26,29)36-31/h11-17,19,23-24,26,29H,18,20-22H2,1-10H3/b27-19+/t23-,24-,26-,29-,31+,32+,33-/m1/s1. The van der Waals surface area contributed by atoms with E-state index in [1.165, 1.54) is 11.1 Å². The predicted octanol–water partition coefficient (Wildman–Crippen LogP) is 8.03. The van der Waals surface area contributed by atoms with Crippen LogP contribution in [-0.4, -0.2) is 45.8 Å². The summed E-state index contributed by atoms with van der Waals surface area (Å²) in [6, 6.07) is 10.7. The van der Waals surface area contributed by atoms with E-state index in [0.717, 1.165) is 19.3 Å².